The molecule has 0 amide bonds. The lowest BCUT2D eigenvalue weighted by atomic mass is 10.2. The minimum absolute atomic E-state index is 0.400. The van der Waals surface area contributed by atoms with Crippen LogP contribution in [0.15, 0.2) is 42.6 Å². The van der Waals surface area contributed by atoms with Crippen molar-refractivity contribution < 1.29 is 4.74 Å². The third-order valence-corrected chi connectivity index (χ3v) is 5.35. The second kappa shape index (κ2) is 8.28. The van der Waals surface area contributed by atoms with Gasteiger partial charge in [-0.15, -0.1) is 10.2 Å². The number of methoxy groups -OCH3 is 1. The Morgan fingerprint density at radius 1 is 1.00 bits per heavy atom. The van der Waals surface area contributed by atoms with Gasteiger partial charge in [-0.05, 0) is 48.4 Å². The van der Waals surface area contributed by atoms with Gasteiger partial charge in [0.15, 0.2) is 5.65 Å². The average molecular weight is 434 g/mol. The number of hydrogen-bond donors (Lipinski definition) is 0. The topological polar surface area (TPSA) is 73.4 Å². The zero-order chi connectivity index (χ0) is 21.2. The zero-order valence-electron chi connectivity index (χ0n) is 17.0. The maximum atomic E-state index is 6.02. The van der Waals surface area contributed by atoms with Gasteiger partial charge in [0, 0.05) is 30.4 Å². The van der Waals surface area contributed by atoms with Gasteiger partial charge in [0.1, 0.15) is 5.75 Å². The van der Waals surface area contributed by atoms with E-state index in [0.29, 0.717) is 28.9 Å². The van der Waals surface area contributed by atoms with Gasteiger partial charge in [0.05, 0.1) is 13.7 Å². The Morgan fingerprint density at radius 2 is 1.74 bits per heavy atom. The van der Waals surface area contributed by atoms with Crippen molar-refractivity contribution >= 4 is 23.2 Å². The lowest BCUT2D eigenvalue weighted by Gasteiger charge is -2.16. The van der Waals surface area contributed by atoms with Crippen molar-refractivity contribution in [2.24, 2.45) is 0 Å². The highest BCUT2D eigenvalue weighted by atomic mass is 35.5. The lowest BCUT2D eigenvalue weighted by molar-refractivity contribution is 0.414. The molecular weight excluding hydrogens is 414 g/mol. The van der Waals surface area contributed by atoms with Gasteiger partial charge >= 0.3 is 0 Å². The molecule has 156 valence electrons. The fourth-order valence-electron chi connectivity index (χ4n) is 3.57. The zero-order valence-corrected chi connectivity index (χ0v) is 17.7. The van der Waals surface area contributed by atoms with Crippen molar-refractivity contribution in [3.63, 3.8) is 0 Å². The van der Waals surface area contributed by atoms with Crippen LogP contribution >= 0.6 is 11.6 Å². The second-order valence-electron chi connectivity index (χ2n) is 7.27. The quantitative estimate of drug-likeness (QED) is 0.460. The normalized spacial score (nSPS) is 13.4. The molecule has 1 saturated heterocycles. The highest BCUT2D eigenvalue weighted by molar-refractivity contribution is 6.30. The summed E-state index contributed by atoms with van der Waals surface area (Å²) < 4.78 is 8.80. The molecule has 0 spiro atoms. The molecule has 0 saturated carbocycles. The summed E-state index contributed by atoms with van der Waals surface area (Å²) in [5, 5.41) is 9.60. The first-order valence-corrected chi connectivity index (χ1v) is 10.4. The molecule has 9 heteroatoms. The monoisotopic (exact) mass is 433 g/mol. The molecule has 0 unspecified atom stereocenters. The van der Waals surface area contributed by atoms with Crippen LogP contribution in [-0.4, -0.2) is 49.6 Å². The van der Waals surface area contributed by atoms with Crippen LogP contribution in [0.5, 0.6) is 5.75 Å². The summed E-state index contributed by atoms with van der Waals surface area (Å²) in [7, 11) is 1.66. The Labute approximate surface area is 184 Å². The van der Waals surface area contributed by atoms with Crippen LogP contribution < -0.4 is 9.64 Å². The molecule has 1 aliphatic heterocycles. The van der Waals surface area contributed by atoms with Gasteiger partial charge in [0.25, 0.3) is 0 Å². The number of halogens is 1. The molecule has 0 aliphatic carbocycles. The molecule has 4 heterocycles. The van der Waals surface area contributed by atoms with E-state index >= 15 is 0 Å². The first kappa shape index (κ1) is 19.4. The average Bonchev–Trinajstić information content (AvgIpc) is 3.52. The van der Waals surface area contributed by atoms with Crippen LogP contribution in [0, 0.1) is 11.8 Å². The summed E-state index contributed by atoms with van der Waals surface area (Å²) in [5.74, 6) is 8.50. The molecule has 0 radical (unpaired) electrons. The maximum Gasteiger partial charge on any atom is 0.227 e. The van der Waals surface area contributed by atoms with E-state index in [9.17, 15) is 0 Å². The van der Waals surface area contributed by atoms with Crippen LogP contribution in [0.2, 0.25) is 5.02 Å². The van der Waals surface area contributed by atoms with E-state index in [1.54, 1.807) is 30.0 Å². The van der Waals surface area contributed by atoms with E-state index in [0.717, 1.165) is 43.2 Å². The molecule has 5 rings (SSSR count). The van der Waals surface area contributed by atoms with Crippen molar-refractivity contribution in [1.82, 2.24) is 29.4 Å². The Bertz CT molecular complexity index is 1280. The predicted molar refractivity (Wildman–Crippen MR) is 118 cm³/mol. The minimum atomic E-state index is 0.400. The first-order chi connectivity index (χ1) is 15.2. The van der Waals surface area contributed by atoms with Crippen molar-refractivity contribution in [3.05, 3.63) is 64.8 Å². The Kier molecular flexibility index (Phi) is 5.18. The van der Waals surface area contributed by atoms with Crippen LogP contribution in [0.3, 0.4) is 0 Å². The molecule has 4 aromatic rings. The molecule has 8 nitrogen and oxygen atoms in total. The Balaban J connectivity index is 1.44. The second-order valence-corrected chi connectivity index (χ2v) is 7.70. The van der Waals surface area contributed by atoms with Crippen LogP contribution in [-0.2, 0) is 6.54 Å². The van der Waals surface area contributed by atoms with Gasteiger partial charge < -0.3 is 9.64 Å². The van der Waals surface area contributed by atoms with E-state index in [2.05, 4.69) is 31.9 Å². The summed E-state index contributed by atoms with van der Waals surface area (Å²) in [5.41, 5.74) is 1.76. The number of ether oxygens (including phenoxy) is 1. The SMILES string of the molecule is COc1ccc(Cn2nc(C#Cc3nc4cc(Cl)ccn4n3)nc2N2CCCC2)cc1. The first-order valence-electron chi connectivity index (χ1n) is 10.0. The fourth-order valence-corrected chi connectivity index (χ4v) is 3.72. The molecule has 0 N–H and O–H groups in total. The smallest absolute Gasteiger partial charge is 0.227 e. The summed E-state index contributed by atoms with van der Waals surface area (Å²) in [6.45, 7) is 2.56. The lowest BCUT2D eigenvalue weighted by Crippen LogP contribution is -2.22. The molecule has 0 bridgehead atoms. The number of anilines is 1. The summed E-state index contributed by atoms with van der Waals surface area (Å²) in [6, 6.07) is 11.5. The minimum Gasteiger partial charge on any atom is -0.497 e. The number of nitrogens with zero attached hydrogens (tertiary/aromatic N) is 7. The van der Waals surface area contributed by atoms with Gasteiger partial charge in [-0.3, -0.25) is 0 Å². The number of rotatable bonds is 4. The Hall–Kier alpha value is -3.57. The molecule has 0 atom stereocenters. The maximum absolute atomic E-state index is 6.02. The van der Waals surface area contributed by atoms with E-state index in [1.807, 2.05) is 28.9 Å². The third kappa shape index (κ3) is 4.18. The molecular formula is C22H20ClN7O. The Morgan fingerprint density at radius 3 is 2.48 bits per heavy atom. The predicted octanol–water partition coefficient (Wildman–Crippen LogP) is 3.03. The number of aromatic nitrogens is 6. The largest absolute Gasteiger partial charge is 0.497 e. The van der Waals surface area contributed by atoms with Gasteiger partial charge in [-0.25, -0.2) is 9.20 Å². The van der Waals surface area contributed by atoms with Gasteiger partial charge in [0.2, 0.25) is 17.6 Å². The number of benzene rings is 1. The highest BCUT2D eigenvalue weighted by Gasteiger charge is 2.20. The molecule has 31 heavy (non-hydrogen) atoms. The van der Waals surface area contributed by atoms with E-state index in [-0.39, 0.29) is 0 Å². The standard InChI is InChI=1S/C22H20ClN7O/c1-31-18-6-4-16(5-7-18)15-30-22(28-11-2-3-12-28)25-20(27-30)9-8-19-24-21-14-17(23)10-13-29(21)26-19/h4-7,10,13-14H,2-3,11-12,15H2,1H3. The molecule has 1 aromatic carbocycles. The summed E-state index contributed by atoms with van der Waals surface area (Å²) in [4.78, 5) is 11.3. The van der Waals surface area contributed by atoms with Crippen molar-refractivity contribution in [3.8, 4) is 17.6 Å². The number of pyridine rings is 1. The summed E-state index contributed by atoms with van der Waals surface area (Å²) in [6.07, 6.45) is 4.07. The van der Waals surface area contributed by atoms with Crippen molar-refractivity contribution in [2.75, 3.05) is 25.1 Å². The van der Waals surface area contributed by atoms with E-state index in [1.165, 1.54) is 0 Å². The van der Waals surface area contributed by atoms with E-state index in [4.69, 9.17) is 21.3 Å². The van der Waals surface area contributed by atoms with Crippen LogP contribution in [0.1, 0.15) is 30.1 Å². The number of fused-ring (bicyclic) bond motifs is 1. The highest BCUT2D eigenvalue weighted by Crippen LogP contribution is 2.20. The number of hydrogen-bond acceptors (Lipinski definition) is 6. The fraction of sp³-hybridized carbons (Fsp3) is 0.273. The third-order valence-electron chi connectivity index (χ3n) is 5.12. The molecule has 1 fully saturated rings. The van der Waals surface area contributed by atoms with Crippen LogP contribution in [0.25, 0.3) is 5.65 Å². The van der Waals surface area contributed by atoms with Gasteiger partial charge in [-0.2, -0.15) is 9.97 Å². The molecule has 3 aromatic heterocycles. The van der Waals surface area contributed by atoms with Gasteiger partial charge in [-0.1, -0.05) is 23.7 Å². The van der Waals surface area contributed by atoms with E-state index < -0.39 is 0 Å². The summed E-state index contributed by atoms with van der Waals surface area (Å²) >= 11 is 6.02. The molecule has 1 aliphatic rings. The van der Waals surface area contributed by atoms with Crippen molar-refractivity contribution in [2.45, 2.75) is 19.4 Å². The van der Waals surface area contributed by atoms with Crippen molar-refractivity contribution in [1.29, 1.82) is 0 Å². The van der Waals surface area contributed by atoms with Crippen LogP contribution in [0.4, 0.5) is 5.95 Å².